The Bertz CT molecular complexity index is 439. The molecule has 15 heavy (non-hydrogen) atoms. The molecule has 0 saturated heterocycles. The molecule has 0 aliphatic carbocycles. The van der Waals surface area contributed by atoms with Gasteiger partial charge in [0.25, 0.3) is 0 Å². The molecule has 4 nitrogen and oxygen atoms in total. The third-order valence-corrected chi connectivity index (χ3v) is 2.49. The second-order valence-corrected chi connectivity index (χ2v) is 3.97. The average molecular weight is 267 g/mol. The summed E-state index contributed by atoms with van der Waals surface area (Å²) in [6.45, 7) is 2.65. The van der Waals surface area contributed by atoms with E-state index >= 15 is 0 Å². The Labute approximate surface area is 96.3 Å². The first-order valence-corrected chi connectivity index (χ1v) is 5.40. The summed E-state index contributed by atoms with van der Waals surface area (Å²) in [4.78, 5) is 11.5. The molecular weight excluding hydrogens is 256 g/mol. The van der Waals surface area contributed by atoms with E-state index in [4.69, 9.17) is 0 Å². The van der Waals surface area contributed by atoms with E-state index in [0.717, 1.165) is 21.8 Å². The topological polar surface area (TPSA) is 53.6 Å². The highest BCUT2D eigenvalue weighted by Crippen LogP contribution is 2.16. The minimum atomic E-state index is 0.678. The molecule has 2 rings (SSSR count). The van der Waals surface area contributed by atoms with E-state index < -0.39 is 0 Å². The van der Waals surface area contributed by atoms with Gasteiger partial charge in [-0.2, -0.15) is 0 Å². The van der Waals surface area contributed by atoms with Crippen molar-refractivity contribution in [2.75, 3.05) is 5.32 Å². The molecule has 0 amide bonds. The number of anilines is 1. The van der Waals surface area contributed by atoms with Gasteiger partial charge < -0.3 is 10.3 Å². The van der Waals surface area contributed by atoms with Crippen LogP contribution in [0.5, 0.6) is 0 Å². The molecule has 0 saturated carbocycles. The van der Waals surface area contributed by atoms with Gasteiger partial charge in [-0.25, -0.2) is 9.97 Å². The molecule has 0 unspecified atom stereocenters. The van der Waals surface area contributed by atoms with Crippen LogP contribution >= 0.6 is 15.9 Å². The summed E-state index contributed by atoms with van der Waals surface area (Å²) >= 11 is 3.33. The first-order chi connectivity index (χ1) is 7.25. The minimum Gasteiger partial charge on any atom is -0.376 e. The average Bonchev–Trinajstić information content (AvgIpc) is 2.69. The highest BCUT2D eigenvalue weighted by Gasteiger charge is 2.00. The molecule has 0 radical (unpaired) electrons. The van der Waals surface area contributed by atoms with Crippen molar-refractivity contribution in [3.8, 4) is 0 Å². The predicted molar refractivity (Wildman–Crippen MR) is 62.6 cm³/mol. The molecule has 2 N–H and O–H groups in total. The van der Waals surface area contributed by atoms with Crippen LogP contribution in [0.3, 0.4) is 0 Å². The van der Waals surface area contributed by atoms with Gasteiger partial charge in [-0.05, 0) is 35.0 Å². The monoisotopic (exact) mass is 266 g/mol. The van der Waals surface area contributed by atoms with Gasteiger partial charge in [-0.1, -0.05) is 0 Å². The van der Waals surface area contributed by atoms with Crippen molar-refractivity contribution in [3.05, 3.63) is 40.6 Å². The molecular formula is C10H11BrN4. The Morgan fingerprint density at radius 2 is 2.33 bits per heavy atom. The minimum absolute atomic E-state index is 0.678. The summed E-state index contributed by atoms with van der Waals surface area (Å²) in [5.41, 5.74) is 1.99. The third-order valence-electron chi connectivity index (χ3n) is 2.05. The molecule has 0 aliphatic rings. The Morgan fingerprint density at radius 1 is 1.47 bits per heavy atom. The van der Waals surface area contributed by atoms with Crippen LogP contribution in [0.4, 0.5) is 5.69 Å². The van der Waals surface area contributed by atoms with E-state index in [2.05, 4.69) is 36.2 Å². The van der Waals surface area contributed by atoms with Gasteiger partial charge in [0.2, 0.25) is 0 Å². The smallest absolute Gasteiger partial charge is 0.125 e. The number of aromatic nitrogens is 3. The number of nitrogens with one attached hydrogen (secondary N) is 2. The molecule has 78 valence electrons. The number of aromatic amines is 1. The zero-order chi connectivity index (χ0) is 10.7. The Hall–Kier alpha value is -1.36. The van der Waals surface area contributed by atoms with Crippen molar-refractivity contribution in [2.24, 2.45) is 0 Å². The van der Waals surface area contributed by atoms with Crippen LogP contribution in [0.1, 0.15) is 11.5 Å². The maximum absolute atomic E-state index is 4.30. The van der Waals surface area contributed by atoms with Gasteiger partial charge in [-0.3, -0.25) is 0 Å². The molecule has 0 aromatic carbocycles. The fraction of sp³-hybridized carbons (Fsp3) is 0.200. The molecule has 2 aromatic rings. The SMILES string of the molecule is Cc1nc(Br)ccc1NCc1ncc[nH]1. The fourth-order valence-corrected chi connectivity index (χ4v) is 1.69. The van der Waals surface area contributed by atoms with Crippen LogP contribution in [-0.2, 0) is 6.54 Å². The molecule has 0 aliphatic heterocycles. The van der Waals surface area contributed by atoms with Gasteiger partial charge in [-0.15, -0.1) is 0 Å². The molecule has 0 atom stereocenters. The Morgan fingerprint density at radius 3 is 3.00 bits per heavy atom. The second kappa shape index (κ2) is 4.44. The number of rotatable bonds is 3. The maximum atomic E-state index is 4.30. The van der Waals surface area contributed by atoms with Gasteiger partial charge in [0.1, 0.15) is 10.4 Å². The van der Waals surface area contributed by atoms with Crippen LogP contribution < -0.4 is 5.32 Å². The largest absolute Gasteiger partial charge is 0.376 e. The van der Waals surface area contributed by atoms with E-state index in [1.807, 2.05) is 25.3 Å². The van der Waals surface area contributed by atoms with Crippen molar-refractivity contribution in [1.29, 1.82) is 0 Å². The lowest BCUT2D eigenvalue weighted by atomic mass is 10.3. The summed E-state index contributed by atoms with van der Waals surface area (Å²) in [5, 5.41) is 3.27. The lowest BCUT2D eigenvalue weighted by molar-refractivity contribution is 0.990. The van der Waals surface area contributed by atoms with Crippen LogP contribution in [-0.4, -0.2) is 15.0 Å². The van der Waals surface area contributed by atoms with Crippen molar-refractivity contribution in [3.63, 3.8) is 0 Å². The number of hydrogen-bond acceptors (Lipinski definition) is 3. The summed E-state index contributed by atoms with van der Waals surface area (Å²) in [5.74, 6) is 0.914. The van der Waals surface area contributed by atoms with Crippen LogP contribution in [0.2, 0.25) is 0 Å². The van der Waals surface area contributed by atoms with E-state index in [0.29, 0.717) is 6.54 Å². The zero-order valence-corrected chi connectivity index (χ0v) is 9.87. The Kier molecular flexibility index (Phi) is 3.01. The highest BCUT2D eigenvalue weighted by atomic mass is 79.9. The van der Waals surface area contributed by atoms with Gasteiger partial charge in [0, 0.05) is 12.4 Å². The number of hydrogen-bond donors (Lipinski definition) is 2. The molecule has 2 aromatic heterocycles. The van der Waals surface area contributed by atoms with Crippen molar-refractivity contribution in [1.82, 2.24) is 15.0 Å². The first kappa shape index (κ1) is 10.2. The predicted octanol–water partition coefficient (Wildman–Crippen LogP) is 2.49. The molecule has 0 bridgehead atoms. The van der Waals surface area contributed by atoms with Crippen LogP contribution in [0.15, 0.2) is 29.1 Å². The normalized spacial score (nSPS) is 10.3. The standard InChI is InChI=1S/C10H11BrN4/c1-7-8(2-3-9(11)15-7)14-6-10-12-4-5-13-10/h2-5,14H,6H2,1H3,(H,12,13). The second-order valence-electron chi connectivity index (χ2n) is 3.16. The number of pyridine rings is 1. The van der Waals surface area contributed by atoms with E-state index in [1.165, 1.54) is 0 Å². The third kappa shape index (κ3) is 2.56. The van der Waals surface area contributed by atoms with Crippen LogP contribution in [0.25, 0.3) is 0 Å². The van der Waals surface area contributed by atoms with Crippen LogP contribution in [0, 0.1) is 6.92 Å². The number of halogens is 1. The highest BCUT2D eigenvalue weighted by molar-refractivity contribution is 9.10. The van der Waals surface area contributed by atoms with Crippen molar-refractivity contribution >= 4 is 21.6 Å². The lowest BCUT2D eigenvalue weighted by Crippen LogP contribution is -2.03. The molecule has 0 fully saturated rings. The fourth-order valence-electron chi connectivity index (χ4n) is 1.29. The first-order valence-electron chi connectivity index (χ1n) is 4.61. The molecule has 2 heterocycles. The summed E-state index contributed by atoms with van der Waals surface area (Å²) in [6.07, 6.45) is 3.55. The lowest BCUT2D eigenvalue weighted by Gasteiger charge is -2.07. The van der Waals surface area contributed by atoms with Crippen molar-refractivity contribution < 1.29 is 0 Å². The number of imidazole rings is 1. The number of nitrogens with zero attached hydrogens (tertiary/aromatic N) is 2. The summed E-state index contributed by atoms with van der Waals surface area (Å²) in [7, 11) is 0. The summed E-state index contributed by atoms with van der Waals surface area (Å²) in [6, 6.07) is 3.91. The molecule has 5 heteroatoms. The maximum Gasteiger partial charge on any atom is 0.125 e. The van der Waals surface area contributed by atoms with Gasteiger partial charge in [0.15, 0.2) is 0 Å². The van der Waals surface area contributed by atoms with Gasteiger partial charge in [0.05, 0.1) is 17.9 Å². The summed E-state index contributed by atoms with van der Waals surface area (Å²) < 4.78 is 0.851. The van der Waals surface area contributed by atoms with E-state index in [9.17, 15) is 0 Å². The van der Waals surface area contributed by atoms with Crippen molar-refractivity contribution in [2.45, 2.75) is 13.5 Å². The molecule has 0 spiro atoms. The quantitative estimate of drug-likeness (QED) is 0.840. The number of aryl methyl sites for hydroxylation is 1. The zero-order valence-electron chi connectivity index (χ0n) is 8.29. The van der Waals surface area contributed by atoms with E-state index in [-0.39, 0.29) is 0 Å². The van der Waals surface area contributed by atoms with Gasteiger partial charge >= 0.3 is 0 Å². The van der Waals surface area contributed by atoms with E-state index in [1.54, 1.807) is 6.20 Å². The number of H-pyrrole nitrogens is 1. The Balaban J connectivity index is 2.05.